The largest absolute Gasteiger partial charge is 0.456 e. The van der Waals surface area contributed by atoms with E-state index in [1.165, 1.54) is 30.5 Å². The first kappa shape index (κ1) is 14.4. The Balaban J connectivity index is 2.09. The molecule has 21 heavy (non-hydrogen) atoms. The molecule has 0 aliphatic carbocycles. The zero-order valence-corrected chi connectivity index (χ0v) is 10.9. The third-order valence-electron chi connectivity index (χ3n) is 2.68. The molecule has 0 radical (unpaired) electrons. The molecule has 0 aliphatic heterocycles. The third kappa shape index (κ3) is 3.53. The van der Waals surface area contributed by atoms with Crippen LogP contribution < -0.4 is 11.5 Å². The topological polar surface area (TPSA) is 108 Å². The van der Waals surface area contributed by atoms with Gasteiger partial charge in [0.2, 0.25) is 5.91 Å². The Bertz CT molecular complexity index is 686. The first-order valence-electron chi connectivity index (χ1n) is 5.94. The fraction of sp³-hybridized carbons (Fsp3) is 0.0714. The summed E-state index contributed by atoms with van der Waals surface area (Å²) in [6.07, 6.45) is 1.31. The van der Waals surface area contributed by atoms with E-state index in [1.807, 2.05) is 0 Å². The number of aromatic nitrogens is 1. The number of anilines is 1. The zero-order chi connectivity index (χ0) is 15.4. The number of rotatable bonds is 4. The Morgan fingerprint density at radius 2 is 2.00 bits per heavy atom. The van der Waals surface area contributed by atoms with Crippen molar-refractivity contribution in [3.05, 3.63) is 59.2 Å². The number of nitrogens with two attached hydrogens (primary N) is 2. The van der Waals surface area contributed by atoms with Gasteiger partial charge in [0.05, 0.1) is 11.9 Å². The van der Waals surface area contributed by atoms with Crippen molar-refractivity contribution in [3.63, 3.8) is 0 Å². The molecule has 0 saturated heterocycles. The fourth-order valence-electron chi connectivity index (χ4n) is 1.58. The number of nitrogen functional groups attached to an aromatic ring is 1. The van der Waals surface area contributed by atoms with Crippen molar-refractivity contribution >= 4 is 17.6 Å². The van der Waals surface area contributed by atoms with Crippen molar-refractivity contribution in [2.45, 2.75) is 6.61 Å². The summed E-state index contributed by atoms with van der Waals surface area (Å²) in [4.78, 5) is 26.5. The van der Waals surface area contributed by atoms with Gasteiger partial charge in [-0.25, -0.2) is 14.2 Å². The van der Waals surface area contributed by atoms with E-state index >= 15 is 0 Å². The van der Waals surface area contributed by atoms with Crippen LogP contribution in [0.15, 0.2) is 36.5 Å². The van der Waals surface area contributed by atoms with E-state index in [0.29, 0.717) is 5.69 Å². The van der Waals surface area contributed by atoms with E-state index in [2.05, 4.69) is 4.98 Å². The number of esters is 1. The Morgan fingerprint density at radius 1 is 1.24 bits per heavy atom. The molecule has 4 N–H and O–H groups in total. The highest BCUT2D eigenvalue weighted by Gasteiger charge is 2.12. The van der Waals surface area contributed by atoms with Crippen molar-refractivity contribution in [2.24, 2.45) is 5.73 Å². The lowest BCUT2D eigenvalue weighted by atomic mass is 10.1. The number of carbonyl (C=O) groups excluding carboxylic acids is 2. The molecule has 1 amide bonds. The molecule has 2 rings (SSSR count). The Morgan fingerprint density at radius 3 is 2.62 bits per heavy atom. The van der Waals surface area contributed by atoms with Crippen molar-refractivity contribution < 1.29 is 18.7 Å². The monoisotopic (exact) mass is 289 g/mol. The number of ether oxygens (including phenoxy) is 1. The van der Waals surface area contributed by atoms with Gasteiger partial charge >= 0.3 is 5.97 Å². The lowest BCUT2D eigenvalue weighted by Crippen LogP contribution is -2.13. The van der Waals surface area contributed by atoms with Crippen molar-refractivity contribution in [2.75, 3.05) is 5.73 Å². The van der Waals surface area contributed by atoms with Gasteiger partial charge in [-0.2, -0.15) is 0 Å². The minimum Gasteiger partial charge on any atom is -0.456 e. The number of halogens is 1. The summed E-state index contributed by atoms with van der Waals surface area (Å²) in [5, 5.41) is 0. The Hall–Kier alpha value is -2.96. The van der Waals surface area contributed by atoms with Crippen LogP contribution in [0.4, 0.5) is 10.1 Å². The number of hydrogen-bond acceptors (Lipinski definition) is 5. The molecule has 0 aliphatic rings. The lowest BCUT2D eigenvalue weighted by Gasteiger charge is -2.07. The summed E-state index contributed by atoms with van der Waals surface area (Å²) in [7, 11) is 0. The Labute approximate surface area is 119 Å². The molecule has 1 aromatic carbocycles. The van der Waals surface area contributed by atoms with Gasteiger partial charge < -0.3 is 16.2 Å². The highest BCUT2D eigenvalue weighted by atomic mass is 19.1. The second-order valence-corrected chi connectivity index (χ2v) is 4.22. The minimum absolute atomic E-state index is 0.0510. The first-order valence-corrected chi connectivity index (χ1v) is 5.94. The van der Waals surface area contributed by atoms with E-state index < -0.39 is 17.7 Å². The number of nitrogens with zero attached hydrogens (tertiary/aromatic N) is 1. The number of benzene rings is 1. The van der Waals surface area contributed by atoms with E-state index in [9.17, 15) is 14.0 Å². The second kappa shape index (κ2) is 6.00. The van der Waals surface area contributed by atoms with Crippen LogP contribution in [0.2, 0.25) is 0 Å². The molecule has 2 aromatic rings. The Kier molecular flexibility index (Phi) is 4.13. The fourth-order valence-corrected chi connectivity index (χ4v) is 1.58. The van der Waals surface area contributed by atoms with Crippen LogP contribution in [-0.4, -0.2) is 16.9 Å². The molecule has 0 fully saturated rings. The molecule has 108 valence electrons. The van der Waals surface area contributed by atoms with Crippen LogP contribution >= 0.6 is 0 Å². The van der Waals surface area contributed by atoms with Crippen molar-refractivity contribution in [1.29, 1.82) is 0 Å². The maximum absolute atomic E-state index is 13.6. The van der Waals surface area contributed by atoms with Gasteiger partial charge in [-0.1, -0.05) is 0 Å². The van der Waals surface area contributed by atoms with Crippen molar-refractivity contribution in [3.8, 4) is 0 Å². The standard InChI is InChI=1S/C14H12FN3O3/c15-11-3-1-8(13(17)19)5-9(11)7-21-14(20)12-4-2-10(16)6-18-12/h1-6H,7,16H2,(H2,17,19). The van der Waals surface area contributed by atoms with Gasteiger partial charge in [0.1, 0.15) is 18.1 Å². The number of pyridine rings is 1. The van der Waals surface area contributed by atoms with E-state index in [1.54, 1.807) is 0 Å². The highest BCUT2D eigenvalue weighted by Crippen LogP contribution is 2.13. The average molecular weight is 289 g/mol. The van der Waals surface area contributed by atoms with E-state index in [0.717, 1.165) is 6.07 Å². The molecule has 0 spiro atoms. The van der Waals surface area contributed by atoms with Crippen LogP contribution in [0.1, 0.15) is 26.4 Å². The zero-order valence-electron chi connectivity index (χ0n) is 10.9. The molecule has 1 aromatic heterocycles. The van der Waals surface area contributed by atoms with Gasteiger partial charge in [-0.3, -0.25) is 4.79 Å². The van der Waals surface area contributed by atoms with Crippen molar-refractivity contribution in [1.82, 2.24) is 4.98 Å². The summed E-state index contributed by atoms with van der Waals surface area (Å²) >= 11 is 0. The summed E-state index contributed by atoms with van der Waals surface area (Å²) in [5.41, 5.74) is 11.2. The quantitative estimate of drug-likeness (QED) is 0.824. The number of primary amides is 1. The predicted molar refractivity (Wildman–Crippen MR) is 72.7 cm³/mol. The van der Waals surface area contributed by atoms with Gasteiger partial charge in [0.25, 0.3) is 0 Å². The molecule has 6 nitrogen and oxygen atoms in total. The lowest BCUT2D eigenvalue weighted by molar-refractivity contribution is 0.0462. The van der Waals surface area contributed by atoms with Crippen LogP contribution in [0.25, 0.3) is 0 Å². The molecule has 7 heteroatoms. The summed E-state index contributed by atoms with van der Waals surface area (Å²) in [6.45, 7) is -0.335. The highest BCUT2D eigenvalue weighted by molar-refractivity contribution is 5.93. The first-order chi connectivity index (χ1) is 9.97. The maximum Gasteiger partial charge on any atom is 0.357 e. The average Bonchev–Trinajstić information content (AvgIpc) is 2.46. The smallest absolute Gasteiger partial charge is 0.357 e. The summed E-state index contributed by atoms with van der Waals surface area (Å²) < 4.78 is 18.5. The van der Waals surface area contributed by atoms with E-state index in [4.69, 9.17) is 16.2 Å². The van der Waals surface area contributed by atoms with Crippen LogP contribution in [0.3, 0.4) is 0 Å². The molecule has 0 unspecified atom stereocenters. The molecular weight excluding hydrogens is 277 g/mol. The van der Waals surface area contributed by atoms with E-state index in [-0.39, 0.29) is 23.4 Å². The molecule has 0 atom stereocenters. The second-order valence-electron chi connectivity index (χ2n) is 4.22. The molecule has 0 bridgehead atoms. The van der Waals surface area contributed by atoms with Gasteiger partial charge in [-0.15, -0.1) is 0 Å². The third-order valence-corrected chi connectivity index (χ3v) is 2.68. The summed E-state index contributed by atoms with van der Waals surface area (Å²) in [6, 6.07) is 6.47. The van der Waals surface area contributed by atoms with Crippen LogP contribution in [0, 0.1) is 5.82 Å². The van der Waals surface area contributed by atoms with Gasteiger partial charge in [0.15, 0.2) is 0 Å². The SMILES string of the molecule is NC(=O)c1ccc(F)c(COC(=O)c2ccc(N)cn2)c1. The minimum atomic E-state index is -0.723. The number of carbonyl (C=O) groups is 2. The van der Waals surface area contributed by atoms with Gasteiger partial charge in [-0.05, 0) is 30.3 Å². The number of amides is 1. The normalized spacial score (nSPS) is 10.1. The summed E-state index contributed by atoms with van der Waals surface area (Å²) in [5.74, 6) is -2.01. The van der Waals surface area contributed by atoms with Gasteiger partial charge in [0, 0.05) is 11.1 Å². The maximum atomic E-state index is 13.6. The van der Waals surface area contributed by atoms with Crippen LogP contribution in [-0.2, 0) is 11.3 Å². The molecule has 0 saturated carbocycles. The predicted octanol–water partition coefficient (Wildman–Crippen LogP) is 1.26. The van der Waals surface area contributed by atoms with Crippen LogP contribution in [0.5, 0.6) is 0 Å². The molecule has 1 heterocycles. The molecular formula is C14H12FN3O3. The number of hydrogen-bond donors (Lipinski definition) is 2.